The molecule has 0 radical (unpaired) electrons. The van der Waals surface area contributed by atoms with E-state index in [-0.39, 0.29) is 56.4 Å². The highest BCUT2D eigenvalue weighted by molar-refractivity contribution is 7.90. The van der Waals surface area contributed by atoms with E-state index >= 15 is 4.39 Å². The minimum absolute atomic E-state index is 0.000263. The second-order valence-electron chi connectivity index (χ2n) is 8.96. The van der Waals surface area contributed by atoms with Crippen LogP contribution in [-0.2, 0) is 9.84 Å². The first kappa shape index (κ1) is 29.1. The third-order valence-corrected chi connectivity index (χ3v) is 7.17. The summed E-state index contributed by atoms with van der Waals surface area (Å²) in [6.07, 6.45) is -4.57. The van der Waals surface area contributed by atoms with E-state index in [0.29, 0.717) is 0 Å². The zero-order valence-corrected chi connectivity index (χ0v) is 22.8. The summed E-state index contributed by atoms with van der Waals surface area (Å²) >= 11 is 0. The number of rotatable bonds is 10. The normalized spacial score (nSPS) is 13.5. The molecule has 4 aromatic rings. The Labute approximate surface area is 226 Å². The third-order valence-electron chi connectivity index (χ3n) is 6.25. The van der Waals surface area contributed by atoms with Gasteiger partial charge in [0.15, 0.2) is 11.4 Å². The van der Waals surface area contributed by atoms with Gasteiger partial charge in [0.2, 0.25) is 6.30 Å². The summed E-state index contributed by atoms with van der Waals surface area (Å²) in [6, 6.07) is 7.01. The van der Waals surface area contributed by atoms with Gasteiger partial charge in [-0.2, -0.15) is 0 Å². The van der Waals surface area contributed by atoms with E-state index in [1.807, 2.05) is 0 Å². The molecule has 4 rings (SSSR count). The summed E-state index contributed by atoms with van der Waals surface area (Å²) in [7, 11) is -2.47. The number of hydrogen-bond acceptors (Lipinski definition) is 7. The van der Waals surface area contributed by atoms with Gasteiger partial charge in [-0.1, -0.05) is 18.2 Å². The molecule has 0 spiro atoms. The van der Waals surface area contributed by atoms with Crippen LogP contribution in [0.4, 0.5) is 17.6 Å². The Morgan fingerprint density at radius 2 is 1.75 bits per heavy atom. The van der Waals surface area contributed by atoms with Crippen molar-refractivity contribution in [3.8, 4) is 22.8 Å². The molecule has 0 fully saturated rings. The topological polar surface area (TPSA) is 105 Å². The molecule has 2 atom stereocenters. The van der Waals surface area contributed by atoms with Gasteiger partial charge in [0.05, 0.1) is 36.7 Å². The zero-order valence-electron chi connectivity index (χ0n) is 21.9. The maximum Gasteiger partial charge on any atom is 0.333 e. The molecule has 14 heteroatoms. The van der Waals surface area contributed by atoms with Crippen molar-refractivity contribution in [3.05, 3.63) is 70.2 Å². The van der Waals surface area contributed by atoms with Crippen molar-refractivity contribution in [2.45, 2.75) is 32.6 Å². The van der Waals surface area contributed by atoms with Crippen LogP contribution in [0.1, 0.15) is 30.5 Å². The average molecular weight is 583 g/mol. The van der Waals surface area contributed by atoms with Crippen molar-refractivity contribution >= 4 is 21.0 Å². The lowest BCUT2D eigenvalue weighted by atomic mass is 10.0. The summed E-state index contributed by atoms with van der Waals surface area (Å²) in [6.45, 7) is 3.28. The number of pyridine rings is 2. The minimum atomic E-state index is -3.84. The minimum Gasteiger partial charge on any atom is -0.491 e. The van der Waals surface area contributed by atoms with Crippen LogP contribution < -0.4 is 15.2 Å². The SMILES string of the molecule is CCOc1nc(C(CS(C)(=O)=O)n2c(=O)n(C(F)C(F)F)c3c(C)c(-c4ccccc4F)cnc32)ccc1OC. The fraction of sp³-hybridized carbons (Fsp3) is 0.346. The highest BCUT2D eigenvalue weighted by Crippen LogP contribution is 2.35. The first-order chi connectivity index (χ1) is 18.9. The van der Waals surface area contributed by atoms with Crippen LogP contribution in [0.5, 0.6) is 11.6 Å². The lowest BCUT2D eigenvalue weighted by molar-refractivity contribution is 0.00801. The van der Waals surface area contributed by atoms with Crippen molar-refractivity contribution in [3.63, 3.8) is 0 Å². The van der Waals surface area contributed by atoms with Crippen molar-refractivity contribution in [1.82, 2.24) is 19.1 Å². The van der Waals surface area contributed by atoms with Gasteiger partial charge in [0, 0.05) is 23.6 Å². The Kier molecular flexibility index (Phi) is 8.19. The van der Waals surface area contributed by atoms with Gasteiger partial charge in [0.25, 0.3) is 12.3 Å². The Bertz CT molecular complexity index is 1720. The van der Waals surface area contributed by atoms with Crippen molar-refractivity contribution in [1.29, 1.82) is 0 Å². The maximum atomic E-state index is 15.0. The van der Waals surface area contributed by atoms with Gasteiger partial charge < -0.3 is 9.47 Å². The van der Waals surface area contributed by atoms with Crippen molar-refractivity contribution in [2.24, 2.45) is 0 Å². The molecule has 0 saturated carbocycles. The number of halogens is 4. The van der Waals surface area contributed by atoms with Gasteiger partial charge in [-0.3, -0.25) is 9.13 Å². The molecular weight excluding hydrogens is 556 g/mol. The molecule has 9 nitrogen and oxygen atoms in total. The van der Waals surface area contributed by atoms with Gasteiger partial charge in [-0.05, 0) is 37.6 Å². The summed E-state index contributed by atoms with van der Waals surface area (Å²) in [4.78, 5) is 22.3. The van der Waals surface area contributed by atoms with Crippen LogP contribution in [0.3, 0.4) is 0 Å². The largest absolute Gasteiger partial charge is 0.491 e. The van der Waals surface area contributed by atoms with Gasteiger partial charge >= 0.3 is 5.69 Å². The van der Waals surface area contributed by atoms with Crippen LogP contribution in [-0.4, -0.2) is 59.7 Å². The number of hydrogen-bond donors (Lipinski definition) is 0. The van der Waals surface area contributed by atoms with Gasteiger partial charge in [-0.25, -0.2) is 40.7 Å². The number of fused-ring (bicyclic) bond motifs is 1. The van der Waals surface area contributed by atoms with Gasteiger partial charge in [-0.15, -0.1) is 0 Å². The summed E-state index contributed by atoms with van der Waals surface area (Å²) in [5, 5.41) is 0. The molecule has 0 aliphatic rings. The van der Waals surface area contributed by atoms with E-state index in [1.54, 1.807) is 13.0 Å². The number of methoxy groups -OCH3 is 1. The number of sulfone groups is 1. The number of aromatic nitrogens is 4. The Morgan fingerprint density at radius 1 is 1.05 bits per heavy atom. The number of aryl methyl sites for hydroxylation is 1. The summed E-state index contributed by atoms with van der Waals surface area (Å²) in [5.41, 5.74) is -1.62. The first-order valence-corrected chi connectivity index (χ1v) is 14.1. The molecule has 0 amide bonds. The van der Waals surface area contributed by atoms with Crippen LogP contribution in [0.2, 0.25) is 0 Å². The Morgan fingerprint density at radius 3 is 2.35 bits per heavy atom. The van der Waals surface area contributed by atoms with Crippen LogP contribution in [0, 0.1) is 12.7 Å². The third kappa shape index (κ3) is 5.40. The van der Waals surface area contributed by atoms with Crippen molar-refractivity contribution < 1.29 is 35.5 Å². The molecule has 0 bridgehead atoms. The fourth-order valence-corrected chi connectivity index (χ4v) is 5.41. The molecule has 3 aromatic heterocycles. The molecule has 40 heavy (non-hydrogen) atoms. The fourth-order valence-electron chi connectivity index (χ4n) is 4.52. The lowest BCUT2D eigenvalue weighted by Crippen LogP contribution is -2.34. The van der Waals surface area contributed by atoms with E-state index < -0.39 is 45.9 Å². The van der Waals surface area contributed by atoms with Crippen molar-refractivity contribution in [2.75, 3.05) is 25.7 Å². The number of ether oxygens (including phenoxy) is 2. The van der Waals surface area contributed by atoms with E-state index in [9.17, 15) is 26.4 Å². The van der Waals surface area contributed by atoms with E-state index in [2.05, 4.69) is 9.97 Å². The highest BCUT2D eigenvalue weighted by Gasteiger charge is 2.34. The maximum absolute atomic E-state index is 15.0. The molecule has 0 N–H and O–H groups in total. The highest BCUT2D eigenvalue weighted by atomic mass is 32.2. The quantitative estimate of drug-likeness (QED) is 0.254. The predicted octanol–water partition coefficient (Wildman–Crippen LogP) is 4.48. The molecule has 0 aliphatic heterocycles. The molecule has 214 valence electrons. The Hall–Kier alpha value is -3.94. The van der Waals surface area contributed by atoms with Gasteiger partial charge in [0.1, 0.15) is 15.7 Å². The second kappa shape index (κ2) is 11.3. The van der Waals surface area contributed by atoms with E-state index in [0.717, 1.165) is 10.8 Å². The molecule has 0 aliphatic carbocycles. The Balaban J connectivity index is 2.09. The van der Waals surface area contributed by atoms with Crippen LogP contribution >= 0.6 is 0 Å². The lowest BCUT2D eigenvalue weighted by Gasteiger charge is -2.19. The number of nitrogens with zero attached hydrogens (tertiary/aromatic N) is 4. The van der Waals surface area contributed by atoms with Crippen LogP contribution in [0.15, 0.2) is 47.4 Å². The smallest absolute Gasteiger partial charge is 0.333 e. The molecule has 0 saturated heterocycles. The average Bonchev–Trinajstić information content (AvgIpc) is 3.19. The number of alkyl halides is 3. The molecule has 2 unspecified atom stereocenters. The van der Waals surface area contributed by atoms with E-state index in [4.69, 9.17) is 9.47 Å². The molecule has 3 heterocycles. The summed E-state index contributed by atoms with van der Waals surface area (Å²) in [5.74, 6) is -1.13. The van der Waals surface area contributed by atoms with E-state index in [1.165, 1.54) is 50.6 Å². The second-order valence-corrected chi connectivity index (χ2v) is 11.1. The number of imidazole rings is 1. The van der Waals surface area contributed by atoms with Crippen LogP contribution in [0.25, 0.3) is 22.3 Å². The predicted molar refractivity (Wildman–Crippen MR) is 140 cm³/mol. The first-order valence-electron chi connectivity index (χ1n) is 12.0. The monoisotopic (exact) mass is 582 g/mol. The molecule has 1 aromatic carbocycles. The zero-order chi connectivity index (χ0) is 29.4. The standard InChI is InChI=1S/C26H26F4N4O5S/c1-5-39-25-20(38-3)11-10-18(32-25)19(13-40(4,36)37)33-24-21(34(26(33)35)23(30)22(28)29)14(2)16(12-31-24)15-8-6-7-9-17(15)27/h6-12,19,22-23H,5,13H2,1-4H3. The molecular formula is C26H26F4N4O5S. The summed E-state index contributed by atoms with van der Waals surface area (Å²) < 4.78 is 93.8. The number of benzene rings is 1.